The van der Waals surface area contributed by atoms with Crippen LogP contribution in [0.15, 0.2) is 66.7 Å². The van der Waals surface area contributed by atoms with Gasteiger partial charge in [-0.1, -0.05) is 68.7 Å². The van der Waals surface area contributed by atoms with Gasteiger partial charge in [-0.15, -0.1) is 0 Å². The molecule has 0 fully saturated rings. The predicted molar refractivity (Wildman–Crippen MR) is 166 cm³/mol. The van der Waals surface area contributed by atoms with Gasteiger partial charge in [0.05, 0.1) is 6.42 Å². The van der Waals surface area contributed by atoms with Crippen molar-refractivity contribution in [2.75, 3.05) is 11.9 Å². The van der Waals surface area contributed by atoms with E-state index < -0.39 is 47.9 Å². The van der Waals surface area contributed by atoms with Crippen molar-refractivity contribution >= 4 is 40.3 Å². The molecule has 0 heterocycles. The minimum absolute atomic E-state index is 0.0834. The Kier molecular flexibility index (Phi) is 11.5. The standard InChI is InChI=1S/C33H42N4O6/c1-5-6-7-10-18-37(31(41)27(21-28(34)39)36-32(42)43-33(2,3)4)29(24-14-11-15-26(38)20-24)30(40)35-25-17-16-22-12-8-9-13-23(22)19-25/h8-9,11-17,19-20,27,29,38H,5-7,10,18,21H2,1-4H3,(H2,34,39)(H,35,40)(H,36,42). The number of nitrogens with zero attached hydrogens (tertiary/aromatic N) is 1. The van der Waals surface area contributed by atoms with Gasteiger partial charge in [0.1, 0.15) is 23.4 Å². The van der Waals surface area contributed by atoms with Crippen molar-refractivity contribution in [2.24, 2.45) is 5.73 Å². The topological polar surface area (TPSA) is 151 Å². The lowest BCUT2D eigenvalue weighted by Crippen LogP contribution is -2.53. The fourth-order valence-electron chi connectivity index (χ4n) is 4.77. The largest absolute Gasteiger partial charge is 0.508 e. The molecule has 43 heavy (non-hydrogen) atoms. The molecular formula is C33H42N4O6. The second-order valence-electron chi connectivity index (χ2n) is 11.5. The minimum atomic E-state index is -1.38. The van der Waals surface area contributed by atoms with Gasteiger partial charge in [-0.3, -0.25) is 14.4 Å². The summed E-state index contributed by atoms with van der Waals surface area (Å²) in [6.07, 6.45) is 1.84. The fourth-order valence-corrected chi connectivity index (χ4v) is 4.77. The van der Waals surface area contributed by atoms with Crippen molar-refractivity contribution in [3.8, 4) is 5.75 Å². The Morgan fingerprint density at radius 1 is 0.930 bits per heavy atom. The lowest BCUT2D eigenvalue weighted by Gasteiger charge is -2.34. The summed E-state index contributed by atoms with van der Waals surface area (Å²) in [5.74, 6) is -2.10. The van der Waals surface area contributed by atoms with Crippen LogP contribution in [0.2, 0.25) is 0 Å². The molecule has 10 nitrogen and oxygen atoms in total. The fraction of sp³-hybridized carbons (Fsp3) is 0.394. The van der Waals surface area contributed by atoms with Crippen molar-refractivity contribution in [2.45, 2.75) is 77.5 Å². The quantitative estimate of drug-likeness (QED) is 0.196. The van der Waals surface area contributed by atoms with Crippen LogP contribution in [0.4, 0.5) is 10.5 Å². The summed E-state index contributed by atoms with van der Waals surface area (Å²) in [6.45, 7) is 7.23. The molecule has 3 aromatic rings. The molecular weight excluding hydrogens is 548 g/mol. The molecule has 230 valence electrons. The number of carbonyl (C=O) groups excluding carboxylic acids is 4. The molecule has 0 aromatic heterocycles. The van der Waals surface area contributed by atoms with E-state index in [4.69, 9.17) is 10.5 Å². The molecule has 0 aliphatic rings. The Balaban J connectivity index is 2.04. The number of hydrogen-bond acceptors (Lipinski definition) is 6. The first-order valence-corrected chi connectivity index (χ1v) is 14.5. The Labute approximate surface area is 252 Å². The number of carbonyl (C=O) groups is 4. The van der Waals surface area contributed by atoms with Gasteiger partial charge in [-0.25, -0.2) is 4.79 Å². The Hall–Kier alpha value is -4.60. The summed E-state index contributed by atoms with van der Waals surface area (Å²) in [7, 11) is 0. The van der Waals surface area contributed by atoms with Crippen LogP contribution in [-0.2, 0) is 19.1 Å². The Bertz CT molecular complexity index is 1430. The van der Waals surface area contributed by atoms with E-state index in [2.05, 4.69) is 17.6 Å². The lowest BCUT2D eigenvalue weighted by molar-refractivity contribution is -0.142. The molecule has 2 unspecified atom stereocenters. The first-order chi connectivity index (χ1) is 20.4. The van der Waals surface area contributed by atoms with E-state index >= 15 is 0 Å². The number of nitrogens with one attached hydrogen (secondary N) is 2. The number of alkyl carbamates (subject to hydrolysis) is 1. The van der Waals surface area contributed by atoms with Crippen molar-refractivity contribution in [3.05, 3.63) is 72.3 Å². The normalized spacial score (nSPS) is 12.7. The summed E-state index contributed by atoms with van der Waals surface area (Å²) >= 11 is 0. The summed E-state index contributed by atoms with van der Waals surface area (Å²) in [6, 6.07) is 16.7. The maximum atomic E-state index is 14.2. The molecule has 0 bridgehead atoms. The monoisotopic (exact) mass is 590 g/mol. The van der Waals surface area contributed by atoms with Crippen LogP contribution in [0.5, 0.6) is 5.75 Å². The third kappa shape index (κ3) is 10.0. The average molecular weight is 591 g/mol. The van der Waals surface area contributed by atoms with E-state index in [1.54, 1.807) is 39.0 Å². The first kappa shape index (κ1) is 32.9. The molecule has 3 rings (SSSR count). The van der Waals surface area contributed by atoms with E-state index in [0.717, 1.165) is 30.0 Å². The van der Waals surface area contributed by atoms with E-state index in [1.165, 1.54) is 17.0 Å². The smallest absolute Gasteiger partial charge is 0.408 e. The number of unbranched alkanes of at least 4 members (excludes halogenated alkanes) is 3. The summed E-state index contributed by atoms with van der Waals surface area (Å²) < 4.78 is 5.33. The molecule has 0 aliphatic carbocycles. The number of phenols is 1. The highest BCUT2D eigenvalue weighted by Crippen LogP contribution is 2.28. The first-order valence-electron chi connectivity index (χ1n) is 14.5. The number of ether oxygens (including phenoxy) is 1. The van der Waals surface area contributed by atoms with Crippen LogP contribution in [0, 0.1) is 0 Å². The molecule has 0 saturated heterocycles. The van der Waals surface area contributed by atoms with Crippen LogP contribution < -0.4 is 16.4 Å². The lowest BCUT2D eigenvalue weighted by atomic mass is 10.0. The molecule has 0 radical (unpaired) electrons. The van der Waals surface area contributed by atoms with Crippen molar-refractivity contribution in [3.63, 3.8) is 0 Å². The van der Waals surface area contributed by atoms with Crippen molar-refractivity contribution in [1.29, 1.82) is 0 Å². The third-order valence-electron chi connectivity index (χ3n) is 6.69. The number of amides is 4. The summed E-state index contributed by atoms with van der Waals surface area (Å²) in [5, 5.41) is 17.6. The van der Waals surface area contributed by atoms with Crippen molar-refractivity contribution < 1.29 is 29.0 Å². The second kappa shape index (κ2) is 15.0. The maximum absolute atomic E-state index is 14.2. The highest BCUT2D eigenvalue weighted by Gasteiger charge is 2.37. The molecule has 0 spiro atoms. The van der Waals surface area contributed by atoms with E-state index in [-0.39, 0.29) is 12.3 Å². The molecule has 10 heteroatoms. The highest BCUT2D eigenvalue weighted by molar-refractivity contribution is 6.01. The van der Waals surface area contributed by atoms with Crippen LogP contribution >= 0.6 is 0 Å². The predicted octanol–water partition coefficient (Wildman–Crippen LogP) is 5.40. The number of phenolic OH excluding ortho intramolecular Hbond substituents is 1. The number of hydrogen-bond donors (Lipinski definition) is 4. The number of anilines is 1. The molecule has 0 saturated carbocycles. The van der Waals surface area contributed by atoms with Crippen molar-refractivity contribution in [1.82, 2.24) is 10.2 Å². The molecule has 0 aliphatic heterocycles. The summed E-state index contributed by atoms with van der Waals surface area (Å²) in [4.78, 5) is 54.3. The molecule has 3 aromatic carbocycles. The zero-order chi connectivity index (χ0) is 31.6. The van der Waals surface area contributed by atoms with Gasteiger partial charge in [-0.05, 0) is 67.8 Å². The van der Waals surface area contributed by atoms with E-state index in [9.17, 15) is 24.3 Å². The number of primary amides is 1. The SMILES string of the molecule is CCCCCCN(C(=O)C(CC(N)=O)NC(=O)OC(C)(C)C)C(C(=O)Nc1ccc2ccccc2c1)c1cccc(O)c1. The van der Waals surface area contributed by atoms with Gasteiger partial charge in [0.15, 0.2) is 0 Å². The van der Waals surface area contributed by atoms with Crippen LogP contribution in [0.3, 0.4) is 0 Å². The summed E-state index contributed by atoms with van der Waals surface area (Å²) in [5.41, 5.74) is 5.50. The second-order valence-corrected chi connectivity index (χ2v) is 11.5. The maximum Gasteiger partial charge on any atom is 0.408 e. The van der Waals surface area contributed by atoms with E-state index in [0.29, 0.717) is 17.7 Å². The molecule has 4 amide bonds. The number of aromatic hydroxyl groups is 1. The molecule has 2 atom stereocenters. The van der Waals surface area contributed by atoms with Gasteiger partial charge in [0.2, 0.25) is 11.8 Å². The Morgan fingerprint density at radius 2 is 1.65 bits per heavy atom. The zero-order valence-corrected chi connectivity index (χ0v) is 25.3. The van der Waals surface area contributed by atoms with Gasteiger partial charge in [0, 0.05) is 12.2 Å². The number of nitrogens with two attached hydrogens (primary N) is 1. The van der Waals surface area contributed by atoms with Gasteiger partial charge >= 0.3 is 6.09 Å². The van der Waals surface area contributed by atoms with Gasteiger partial charge in [-0.2, -0.15) is 0 Å². The minimum Gasteiger partial charge on any atom is -0.508 e. The van der Waals surface area contributed by atoms with Crippen LogP contribution in [-0.4, -0.2) is 52.0 Å². The number of benzene rings is 3. The number of rotatable bonds is 13. The van der Waals surface area contributed by atoms with Gasteiger partial charge in [0.25, 0.3) is 5.91 Å². The Morgan fingerprint density at radius 3 is 2.30 bits per heavy atom. The van der Waals surface area contributed by atoms with E-state index in [1.807, 2.05) is 36.4 Å². The third-order valence-corrected chi connectivity index (χ3v) is 6.69. The zero-order valence-electron chi connectivity index (χ0n) is 25.3. The number of fused-ring (bicyclic) bond motifs is 1. The molecule has 5 N–H and O–H groups in total. The highest BCUT2D eigenvalue weighted by atomic mass is 16.6. The average Bonchev–Trinajstić information content (AvgIpc) is 2.92. The van der Waals surface area contributed by atoms with Crippen LogP contribution in [0.1, 0.15) is 71.4 Å². The van der Waals surface area contributed by atoms with Crippen LogP contribution in [0.25, 0.3) is 10.8 Å². The van der Waals surface area contributed by atoms with Gasteiger partial charge < -0.3 is 31.1 Å².